The number of nitrogens with one attached hydrogen (secondary N) is 1. The van der Waals surface area contributed by atoms with Gasteiger partial charge in [0, 0.05) is 18.8 Å². The quantitative estimate of drug-likeness (QED) is 0.386. The second-order valence-corrected chi connectivity index (χ2v) is 5.04. The van der Waals surface area contributed by atoms with Gasteiger partial charge in [-0.15, -0.1) is 0 Å². The monoisotopic (exact) mass is 321 g/mol. The third-order valence-corrected chi connectivity index (χ3v) is 3.03. The molecule has 1 rings (SSSR count). The molecule has 5 nitrogen and oxygen atoms in total. The predicted octanol–water partition coefficient (Wildman–Crippen LogP) is 3.08. The van der Waals surface area contributed by atoms with Crippen molar-refractivity contribution in [2.24, 2.45) is 0 Å². The fraction of sp³-hybridized carbons (Fsp3) is 0.500. The summed E-state index contributed by atoms with van der Waals surface area (Å²) >= 11 is 0. The number of carbonyl (C=O) groups is 1. The van der Waals surface area contributed by atoms with E-state index in [-0.39, 0.29) is 5.97 Å². The molecule has 1 N–H and O–H groups in total. The van der Waals surface area contributed by atoms with Gasteiger partial charge in [-0.2, -0.15) is 0 Å². The average Bonchev–Trinajstić information content (AvgIpc) is 2.58. The molecule has 23 heavy (non-hydrogen) atoms. The second kappa shape index (κ2) is 11.4. The molecule has 0 fully saturated rings. The van der Waals surface area contributed by atoms with Gasteiger partial charge in [-0.1, -0.05) is 19.9 Å². The van der Waals surface area contributed by atoms with Crippen LogP contribution in [0.3, 0.4) is 0 Å². The molecule has 5 heteroatoms. The Morgan fingerprint density at radius 1 is 1.13 bits per heavy atom. The molecular weight excluding hydrogens is 294 g/mol. The molecule has 0 aliphatic rings. The molecule has 0 unspecified atom stereocenters. The molecule has 0 saturated carbocycles. The van der Waals surface area contributed by atoms with Crippen LogP contribution in [0.5, 0.6) is 11.5 Å². The van der Waals surface area contributed by atoms with Crippen molar-refractivity contribution in [3.63, 3.8) is 0 Å². The number of benzene rings is 1. The van der Waals surface area contributed by atoms with Crippen LogP contribution in [0.4, 0.5) is 0 Å². The van der Waals surface area contributed by atoms with Gasteiger partial charge in [0.05, 0.1) is 20.3 Å². The van der Waals surface area contributed by atoms with Crippen LogP contribution in [0.15, 0.2) is 30.5 Å². The number of ether oxygens (including phenoxy) is 3. The van der Waals surface area contributed by atoms with Gasteiger partial charge < -0.3 is 19.5 Å². The normalized spacial score (nSPS) is 10.6. The molecule has 0 spiro atoms. The minimum Gasteiger partial charge on any atom is -0.490 e. The van der Waals surface area contributed by atoms with Gasteiger partial charge in [0.2, 0.25) is 0 Å². The van der Waals surface area contributed by atoms with Gasteiger partial charge in [0.1, 0.15) is 0 Å². The Labute approximate surface area is 138 Å². The van der Waals surface area contributed by atoms with Crippen molar-refractivity contribution in [1.82, 2.24) is 5.32 Å². The Morgan fingerprint density at radius 2 is 1.83 bits per heavy atom. The van der Waals surface area contributed by atoms with Gasteiger partial charge in [-0.25, -0.2) is 4.79 Å². The topological polar surface area (TPSA) is 56.8 Å². The van der Waals surface area contributed by atoms with Crippen LogP contribution in [0.25, 0.3) is 0 Å². The van der Waals surface area contributed by atoms with Gasteiger partial charge in [0.15, 0.2) is 11.5 Å². The van der Waals surface area contributed by atoms with E-state index < -0.39 is 0 Å². The van der Waals surface area contributed by atoms with E-state index in [4.69, 9.17) is 9.47 Å². The Hall–Kier alpha value is -2.17. The van der Waals surface area contributed by atoms with E-state index in [0.717, 1.165) is 42.9 Å². The van der Waals surface area contributed by atoms with Crippen molar-refractivity contribution >= 4 is 5.97 Å². The van der Waals surface area contributed by atoms with Crippen molar-refractivity contribution in [2.75, 3.05) is 26.9 Å². The first kappa shape index (κ1) is 18.9. The Balaban J connectivity index is 2.57. The zero-order valence-electron chi connectivity index (χ0n) is 14.3. The molecule has 0 amide bonds. The van der Waals surface area contributed by atoms with Crippen molar-refractivity contribution in [3.05, 3.63) is 36.0 Å². The fourth-order valence-corrected chi connectivity index (χ4v) is 1.86. The van der Waals surface area contributed by atoms with E-state index >= 15 is 0 Å². The Morgan fingerprint density at radius 3 is 2.48 bits per heavy atom. The zero-order chi connectivity index (χ0) is 16.9. The van der Waals surface area contributed by atoms with Gasteiger partial charge in [-0.3, -0.25) is 0 Å². The van der Waals surface area contributed by atoms with Crippen molar-refractivity contribution in [1.29, 1.82) is 0 Å². The summed E-state index contributed by atoms with van der Waals surface area (Å²) in [7, 11) is 1.35. The molecule has 0 saturated heterocycles. The Bertz CT molecular complexity index is 500. The van der Waals surface area contributed by atoms with Crippen molar-refractivity contribution < 1.29 is 19.0 Å². The molecule has 1 aromatic carbocycles. The molecular formula is C18H27NO4. The smallest absolute Gasteiger partial charge is 0.331 e. The van der Waals surface area contributed by atoms with E-state index in [1.165, 1.54) is 13.2 Å². The van der Waals surface area contributed by atoms with E-state index in [0.29, 0.717) is 13.2 Å². The summed E-state index contributed by atoms with van der Waals surface area (Å²) in [6.45, 7) is 6.23. The van der Waals surface area contributed by atoms with Crippen molar-refractivity contribution in [2.45, 2.75) is 33.1 Å². The summed E-state index contributed by atoms with van der Waals surface area (Å²) in [6.07, 6.45) is 5.70. The zero-order valence-corrected chi connectivity index (χ0v) is 14.3. The number of rotatable bonds is 11. The maximum absolute atomic E-state index is 10.9. The lowest BCUT2D eigenvalue weighted by Crippen LogP contribution is -2.11. The van der Waals surface area contributed by atoms with Gasteiger partial charge >= 0.3 is 5.97 Å². The second-order valence-electron chi connectivity index (χ2n) is 5.04. The van der Waals surface area contributed by atoms with E-state index in [2.05, 4.69) is 23.9 Å². The number of hydrogen-bond acceptors (Lipinski definition) is 5. The molecule has 0 aliphatic carbocycles. The number of hydrogen-bond donors (Lipinski definition) is 1. The van der Waals surface area contributed by atoms with Crippen LogP contribution in [0.2, 0.25) is 0 Å². The van der Waals surface area contributed by atoms with Crippen LogP contribution in [0.1, 0.15) is 32.3 Å². The first-order chi connectivity index (χ1) is 11.2. The molecule has 128 valence electrons. The molecule has 1 aromatic rings. The van der Waals surface area contributed by atoms with Crippen LogP contribution >= 0.6 is 0 Å². The average molecular weight is 321 g/mol. The van der Waals surface area contributed by atoms with Crippen molar-refractivity contribution in [3.8, 4) is 11.5 Å². The highest BCUT2D eigenvalue weighted by atomic mass is 16.5. The summed E-state index contributed by atoms with van der Waals surface area (Å²) in [4.78, 5) is 10.9. The van der Waals surface area contributed by atoms with E-state index in [9.17, 15) is 4.79 Å². The third kappa shape index (κ3) is 7.58. The van der Waals surface area contributed by atoms with E-state index in [1.54, 1.807) is 6.20 Å². The summed E-state index contributed by atoms with van der Waals surface area (Å²) in [5, 5.41) is 3.06. The van der Waals surface area contributed by atoms with Crippen LogP contribution < -0.4 is 14.8 Å². The lowest BCUT2D eigenvalue weighted by Gasteiger charge is -2.13. The molecule has 0 heterocycles. The van der Waals surface area contributed by atoms with Crippen LogP contribution in [0, 0.1) is 0 Å². The fourth-order valence-electron chi connectivity index (χ4n) is 1.86. The highest BCUT2D eigenvalue weighted by Crippen LogP contribution is 2.29. The summed E-state index contributed by atoms with van der Waals surface area (Å²) in [5.41, 5.74) is 1.15. The maximum Gasteiger partial charge on any atom is 0.331 e. The number of esters is 1. The maximum atomic E-state index is 10.9. The minimum atomic E-state index is -0.370. The van der Waals surface area contributed by atoms with Crippen LogP contribution in [-0.4, -0.2) is 32.8 Å². The minimum absolute atomic E-state index is 0.370. The highest BCUT2D eigenvalue weighted by molar-refractivity contribution is 5.81. The molecule has 0 bridgehead atoms. The third-order valence-electron chi connectivity index (χ3n) is 3.03. The SMILES string of the molecule is CCCOc1ccc(CCNC=CC(=O)OC)cc1OCCC. The first-order valence-electron chi connectivity index (χ1n) is 8.07. The standard InChI is InChI=1S/C18H27NO4/c1-4-12-22-16-7-6-15(14-17(16)23-13-5-2)8-10-19-11-9-18(20)21-3/h6-7,9,11,14,19H,4-5,8,10,12-13H2,1-3H3. The predicted molar refractivity (Wildman–Crippen MR) is 90.9 cm³/mol. The molecule has 0 aromatic heterocycles. The van der Waals surface area contributed by atoms with Gasteiger partial charge in [0.25, 0.3) is 0 Å². The Kier molecular flexibility index (Phi) is 9.36. The first-order valence-corrected chi connectivity index (χ1v) is 8.07. The lowest BCUT2D eigenvalue weighted by molar-refractivity contribution is -0.134. The number of carbonyl (C=O) groups excluding carboxylic acids is 1. The summed E-state index contributed by atoms with van der Waals surface area (Å²) < 4.78 is 16.0. The molecule has 0 atom stereocenters. The number of methoxy groups -OCH3 is 1. The van der Waals surface area contributed by atoms with Gasteiger partial charge in [-0.05, 0) is 37.0 Å². The lowest BCUT2D eigenvalue weighted by atomic mass is 10.1. The molecule has 0 radical (unpaired) electrons. The van der Waals surface area contributed by atoms with E-state index in [1.807, 2.05) is 18.2 Å². The van der Waals surface area contributed by atoms with Crippen LogP contribution in [-0.2, 0) is 16.0 Å². The largest absolute Gasteiger partial charge is 0.490 e. The summed E-state index contributed by atoms with van der Waals surface area (Å²) in [5.74, 6) is 1.22. The summed E-state index contributed by atoms with van der Waals surface area (Å²) in [6, 6.07) is 6.02. The highest BCUT2D eigenvalue weighted by Gasteiger charge is 2.06. The molecule has 0 aliphatic heterocycles.